The van der Waals surface area contributed by atoms with E-state index in [1.807, 2.05) is 30.3 Å². The Morgan fingerprint density at radius 2 is 1.89 bits per heavy atom. The van der Waals surface area contributed by atoms with E-state index in [9.17, 15) is 4.79 Å². The molecule has 2 heterocycles. The van der Waals surface area contributed by atoms with Crippen molar-refractivity contribution in [1.82, 2.24) is 4.57 Å². The molecule has 19 heavy (non-hydrogen) atoms. The standard InChI is InChI=1S/C14H9N3OS/c15-8-11-13(16)10-6-7-12(18)17(14(10)19-11)9-4-2-1-3-5-9/h1-7H,16H2. The zero-order valence-electron chi connectivity index (χ0n) is 9.83. The number of anilines is 1. The Hall–Kier alpha value is -2.58. The van der Waals surface area contributed by atoms with Crippen LogP contribution in [0.3, 0.4) is 0 Å². The van der Waals surface area contributed by atoms with Gasteiger partial charge in [0, 0.05) is 11.5 Å². The third-order valence-corrected chi connectivity index (χ3v) is 4.01. The lowest BCUT2D eigenvalue weighted by atomic mass is 10.2. The molecule has 2 aromatic heterocycles. The van der Waals surface area contributed by atoms with Gasteiger partial charge >= 0.3 is 0 Å². The molecular formula is C14H9N3OS. The molecule has 3 aromatic rings. The van der Waals surface area contributed by atoms with Gasteiger partial charge in [-0.25, -0.2) is 0 Å². The predicted molar refractivity (Wildman–Crippen MR) is 76.5 cm³/mol. The minimum Gasteiger partial charge on any atom is -0.396 e. The van der Waals surface area contributed by atoms with Crippen LogP contribution in [0.2, 0.25) is 0 Å². The van der Waals surface area contributed by atoms with Gasteiger partial charge in [0.25, 0.3) is 5.56 Å². The number of nitrogens with zero attached hydrogens (tertiary/aromatic N) is 2. The van der Waals surface area contributed by atoms with Crippen molar-refractivity contribution < 1.29 is 0 Å². The highest BCUT2D eigenvalue weighted by Crippen LogP contribution is 2.33. The van der Waals surface area contributed by atoms with Gasteiger partial charge in [0.05, 0.1) is 11.4 Å². The second kappa shape index (κ2) is 4.26. The average Bonchev–Trinajstić information content (AvgIpc) is 2.76. The summed E-state index contributed by atoms with van der Waals surface area (Å²) < 4.78 is 1.58. The fourth-order valence-corrected chi connectivity index (χ4v) is 3.04. The first-order valence-electron chi connectivity index (χ1n) is 5.62. The van der Waals surface area contributed by atoms with Crippen molar-refractivity contribution in [3.8, 4) is 11.8 Å². The second-order valence-corrected chi connectivity index (χ2v) is 5.02. The van der Waals surface area contributed by atoms with E-state index in [-0.39, 0.29) is 5.56 Å². The lowest BCUT2D eigenvalue weighted by Crippen LogP contribution is -2.16. The van der Waals surface area contributed by atoms with Crippen LogP contribution in [0.25, 0.3) is 15.9 Å². The zero-order valence-corrected chi connectivity index (χ0v) is 10.6. The molecular weight excluding hydrogens is 258 g/mol. The van der Waals surface area contributed by atoms with E-state index in [4.69, 9.17) is 11.0 Å². The van der Waals surface area contributed by atoms with Crippen molar-refractivity contribution in [3.63, 3.8) is 0 Å². The number of benzene rings is 1. The molecule has 2 N–H and O–H groups in total. The first-order chi connectivity index (χ1) is 9.22. The Kier molecular flexibility index (Phi) is 2.58. The fraction of sp³-hybridized carbons (Fsp3) is 0. The second-order valence-electron chi connectivity index (χ2n) is 4.02. The van der Waals surface area contributed by atoms with E-state index >= 15 is 0 Å². The smallest absolute Gasteiger partial charge is 0.256 e. The minimum atomic E-state index is -0.135. The van der Waals surface area contributed by atoms with Crippen LogP contribution < -0.4 is 11.3 Å². The summed E-state index contributed by atoms with van der Waals surface area (Å²) in [6.07, 6.45) is 0. The van der Waals surface area contributed by atoms with Crippen LogP contribution in [0.1, 0.15) is 4.88 Å². The minimum absolute atomic E-state index is 0.135. The van der Waals surface area contributed by atoms with Crippen molar-refractivity contribution in [2.24, 2.45) is 0 Å². The van der Waals surface area contributed by atoms with E-state index in [0.717, 1.165) is 11.1 Å². The number of rotatable bonds is 1. The number of fused-ring (bicyclic) bond motifs is 1. The van der Waals surface area contributed by atoms with Gasteiger partial charge in [0.2, 0.25) is 0 Å². The maximum absolute atomic E-state index is 12.1. The normalized spacial score (nSPS) is 10.5. The number of hydrogen-bond donors (Lipinski definition) is 1. The van der Waals surface area contributed by atoms with Gasteiger partial charge in [0.15, 0.2) is 0 Å². The van der Waals surface area contributed by atoms with Gasteiger partial charge in [-0.05, 0) is 18.2 Å². The molecule has 0 amide bonds. The third kappa shape index (κ3) is 1.70. The molecule has 0 spiro atoms. The lowest BCUT2D eigenvalue weighted by Gasteiger charge is -2.06. The fourth-order valence-electron chi connectivity index (χ4n) is 2.01. The maximum atomic E-state index is 12.1. The number of nitrogens with two attached hydrogens (primary N) is 1. The van der Waals surface area contributed by atoms with Crippen molar-refractivity contribution in [3.05, 3.63) is 57.7 Å². The molecule has 5 heteroatoms. The van der Waals surface area contributed by atoms with Crippen LogP contribution in [0.5, 0.6) is 0 Å². The van der Waals surface area contributed by atoms with E-state index in [1.165, 1.54) is 17.4 Å². The number of hydrogen-bond acceptors (Lipinski definition) is 4. The first-order valence-corrected chi connectivity index (χ1v) is 6.43. The molecule has 0 saturated heterocycles. The van der Waals surface area contributed by atoms with Crippen LogP contribution in [0.15, 0.2) is 47.3 Å². The van der Waals surface area contributed by atoms with Crippen LogP contribution in [-0.2, 0) is 0 Å². The van der Waals surface area contributed by atoms with Crippen molar-refractivity contribution in [1.29, 1.82) is 5.26 Å². The highest BCUT2D eigenvalue weighted by molar-refractivity contribution is 7.19. The van der Waals surface area contributed by atoms with Gasteiger partial charge < -0.3 is 5.73 Å². The Morgan fingerprint density at radius 3 is 2.58 bits per heavy atom. The summed E-state index contributed by atoms with van der Waals surface area (Å²) in [7, 11) is 0. The Morgan fingerprint density at radius 1 is 1.16 bits per heavy atom. The van der Waals surface area contributed by atoms with E-state index in [2.05, 4.69) is 6.07 Å². The first kappa shape index (κ1) is 11.5. The molecule has 0 aliphatic heterocycles. The zero-order chi connectivity index (χ0) is 13.4. The number of nitriles is 1. The lowest BCUT2D eigenvalue weighted by molar-refractivity contribution is 1.06. The highest BCUT2D eigenvalue weighted by atomic mass is 32.1. The number of para-hydroxylation sites is 1. The molecule has 0 bridgehead atoms. The summed E-state index contributed by atoms with van der Waals surface area (Å²) in [4.78, 5) is 13.2. The molecule has 0 aliphatic carbocycles. The van der Waals surface area contributed by atoms with Crippen molar-refractivity contribution in [2.75, 3.05) is 5.73 Å². The van der Waals surface area contributed by atoms with Gasteiger partial charge in [-0.15, -0.1) is 11.3 Å². The van der Waals surface area contributed by atoms with Gasteiger partial charge in [0.1, 0.15) is 15.8 Å². The van der Waals surface area contributed by atoms with Gasteiger partial charge in [-0.2, -0.15) is 5.26 Å². The maximum Gasteiger partial charge on any atom is 0.256 e. The quantitative estimate of drug-likeness (QED) is 0.736. The molecule has 92 valence electrons. The predicted octanol–water partition coefficient (Wildman–Crippen LogP) is 2.51. The molecule has 1 aromatic carbocycles. The Bertz CT molecular complexity index is 856. The number of nitrogen functional groups attached to an aromatic ring is 1. The molecule has 0 unspecified atom stereocenters. The summed E-state index contributed by atoms with van der Waals surface area (Å²) in [6.45, 7) is 0. The van der Waals surface area contributed by atoms with Gasteiger partial charge in [-0.3, -0.25) is 9.36 Å². The highest BCUT2D eigenvalue weighted by Gasteiger charge is 2.13. The molecule has 4 nitrogen and oxygen atoms in total. The summed E-state index contributed by atoms with van der Waals surface area (Å²) in [5.74, 6) is 0. The van der Waals surface area contributed by atoms with Crippen LogP contribution in [0, 0.1) is 11.3 Å². The van der Waals surface area contributed by atoms with Crippen molar-refractivity contribution in [2.45, 2.75) is 0 Å². The number of aromatic nitrogens is 1. The largest absolute Gasteiger partial charge is 0.396 e. The Labute approximate surface area is 112 Å². The topological polar surface area (TPSA) is 71.8 Å². The van der Waals surface area contributed by atoms with E-state index in [1.54, 1.807) is 10.6 Å². The molecule has 0 fully saturated rings. The van der Waals surface area contributed by atoms with Crippen LogP contribution in [0.4, 0.5) is 5.69 Å². The van der Waals surface area contributed by atoms with E-state index < -0.39 is 0 Å². The SMILES string of the molecule is N#Cc1sc2c(ccc(=O)n2-c2ccccc2)c1N. The van der Waals surface area contributed by atoms with E-state index in [0.29, 0.717) is 15.4 Å². The summed E-state index contributed by atoms with van der Waals surface area (Å²) >= 11 is 1.24. The summed E-state index contributed by atoms with van der Waals surface area (Å²) in [5, 5.41) is 9.78. The monoisotopic (exact) mass is 267 g/mol. The average molecular weight is 267 g/mol. The Balaban J connectivity index is 2.45. The number of pyridine rings is 1. The summed E-state index contributed by atoms with van der Waals surface area (Å²) in [6, 6.07) is 14.5. The summed E-state index contributed by atoms with van der Waals surface area (Å²) in [5.41, 5.74) is 6.99. The van der Waals surface area contributed by atoms with Gasteiger partial charge in [-0.1, -0.05) is 18.2 Å². The number of thiophene rings is 1. The van der Waals surface area contributed by atoms with Crippen LogP contribution in [-0.4, -0.2) is 4.57 Å². The van der Waals surface area contributed by atoms with Crippen molar-refractivity contribution >= 4 is 27.2 Å². The molecule has 3 rings (SSSR count). The molecule has 0 atom stereocenters. The van der Waals surface area contributed by atoms with Crippen LogP contribution >= 0.6 is 11.3 Å². The molecule has 0 aliphatic rings. The molecule has 0 saturated carbocycles. The molecule has 0 radical (unpaired) electrons. The third-order valence-electron chi connectivity index (χ3n) is 2.90.